The van der Waals surface area contributed by atoms with E-state index < -0.39 is 89.7 Å². The van der Waals surface area contributed by atoms with E-state index in [2.05, 4.69) is 0 Å². The van der Waals surface area contributed by atoms with E-state index >= 15 is 0 Å². The number of carbonyl (C=O) groups excluding carboxylic acids is 4. The van der Waals surface area contributed by atoms with Gasteiger partial charge in [0.1, 0.15) is 36.0 Å². The van der Waals surface area contributed by atoms with E-state index in [0.29, 0.717) is 68.1 Å². The molecule has 3 fully saturated rings. The summed E-state index contributed by atoms with van der Waals surface area (Å²) in [5, 5.41) is 34.8. The molecule has 3 aliphatic heterocycles. The number of Topliss-reactive ketones (excluding diaryl/α,β-unsaturated/α-hetero) is 2. The quantitative estimate of drug-likeness (QED) is 0.128. The first kappa shape index (κ1) is 54.5. The number of aliphatic hydroxyl groups excluding tert-OH is 2. The summed E-state index contributed by atoms with van der Waals surface area (Å²) in [5.74, 6) is -8.26. The molecule has 15 heteroatoms. The van der Waals surface area contributed by atoms with E-state index in [1.807, 2.05) is 39.8 Å². The van der Waals surface area contributed by atoms with Crippen molar-refractivity contribution in [1.82, 2.24) is 4.90 Å². The maximum atomic E-state index is 14.5. The second-order valence-electron chi connectivity index (χ2n) is 20.0. The molecular formula is C52H78FNO13. The minimum atomic E-state index is -2.53. The third-order valence-corrected chi connectivity index (χ3v) is 14.8. The molecule has 1 aliphatic carbocycles. The van der Waals surface area contributed by atoms with Crippen molar-refractivity contribution < 1.29 is 67.3 Å². The number of fused-ring (bicyclic) bond motifs is 3. The van der Waals surface area contributed by atoms with Crippen molar-refractivity contribution in [3.63, 3.8) is 0 Å². The zero-order valence-electron chi connectivity index (χ0n) is 41.4. The molecule has 3 heterocycles. The number of rotatable bonds is 10. The summed E-state index contributed by atoms with van der Waals surface area (Å²) in [6, 6.07) is 3.23. The fraction of sp³-hybridized carbons (Fsp3) is 0.731. The number of piperidine rings is 1. The minimum absolute atomic E-state index is 0.0120. The summed E-state index contributed by atoms with van der Waals surface area (Å²) in [6.45, 7) is 12.9. The van der Waals surface area contributed by atoms with Gasteiger partial charge in [-0.3, -0.25) is 14.4 Å². The van der Waals surface area contributed by atoms with Crippen LogP contribution in [0.5, 0.6) is 0 Å². The Morgan fingerprint density at radius 2 is 1.61 bits per heavy atom. The molecule has 1 amide bonds. The smallest absolute Gasteiger partial charge is 0.329 e. The number of halogens is 1. The van der Waals surface area contributed by atoms with E-state index in [-0.39, 0.29) is 62.2 Å². The number of ketones is 2. The molecular weight excluding hydrogens is 866 g/mol. The van der Waals surface area contributed by atoms with Gasteiger partial charge in [0.05, 0.1) is 37.1 Å². The van der Waals surface area contributed by atoms with Crippen LogP contribution in [0.2, 0.25) is 0 Å². The standard InChI is InChI=1S/C52H78FNO13/c1-11-36-19-29(2)18-30(3)22-45(63-9)48-46(64-10)24-33(6)52(61,67-48)49(58)50(59)54-17-13-12-14-39(54)51(60)66-47(34(7)40(55)27-41(36)56)32(5)23-35-15-16-43(44(25-35)62-8)65-28-42(57)37-20-31(4)21-38(53)26-37/h19-21,23,26,30,33-36,39-40,42-48,55,57,61H,11-18,22,24-25,27-28H2,1-10H3/b29-19+,32-23?. The van der Waals surface area contributed by atoms with Gasteiger partial charge in [-0.15, -0.1) is 0 Å². The lowest BCUT2D eigenvalue weighted by Gasteiger charge is -2.47. The number of hydrogen-bond donors (Lipinski definition) is 3. The largest absolute Gasteiger partial charge is 0.456 e. The second-order valence-corrected chi connectivity index (χ2v) is 20.0. The molecule has 376 valence electrons. The molecule has 4 aliphatic rings. The van der Waals surface area contributed by atoms with Crippen LogP contribution in [0.4, 0.5) is 4.39 Å². The summed E-state index contributed by atoms with van der Waals surface area (Å²) in [4.78, 5) is 58.4. The van der Waals surface area contributed by atoms with Crippen molar-refractivity contribution in [2.24, 2.45) is 29.6 Å². The molecule has 1 aromatic carbocycles. The number of hydrogen-bond acceptors (Lipinski definition) is 13. The predicted molar refractivity (Wildman–Crippen MR) is 248 cm³/mol. The lowest BCUT2D eigenvalue weighted by atomic mass is 9.81. The molecule has 1 saturated carbocycles. The maximum Gasteiger partial charge on any atom is 0.329 e. The number of cyclic esters (lactones) is 1. The van der Waals surface area contributed by atoms with Crippen LogP contribution >= 0.6 is 0 Å². The van der Waals surface area contributed by atoms with Crippen molar-refractivity contribution in [2.75, 3.05) is 34.5 Å². The highest BCUT2D eigenvalue weighted by atomic mass is 19.1. The summed E-state index contributed by atoms with van der Waals surface area (Å²) < 4.78 is 50.5. The molecule has 1 aromatic rings. The van der Waals surface area contributed by atoms with Gasteiger partial charge in [0, 0.05) is 52.0 Å². The number of amides is 1. The minimum Gasteiger partial charge on any atom is -0.456 e. The van der Waals surface area contributed by atoms with Crippen molar-refractivity contribution in [1.29, 1.82) is 0 Å². The van der Waals surface area contributed by atoms with Crippen molar-refractivity contribution in [2.45, 2.75) is 180 Å². The molecule has 15 unspecified atom stereocenters. The Hall–Kier alpha value is -3.41. The Labute approximate surface area is 396 Å². The van der Waals surface area contributed by atoms with Gasteiger partial charge in [0.25, 0.3) is 11.7 Å². The first-order valence-corrected chi connectivity index (χ1v) is 24.4. The molecule has 14 nitrogen and oxygen atoms in total. The Balaban J connectivity index is 1.45. The van der Waals surface area contributed by atoms with Crippen molar-refractivity contribution in [3.05, 3.63) is 58.4 Å². The summed E-state index contributed by atoms with van der Waals surface area (Å²) in [6.07, 6.45) is 2.51. The fourth-order valence-corrected chi connectivity index (χ4v) is 10.8. The second kappa shape index (κ2) is 24.4. The molecule has 0 spiro atoms. The average Bonchev–Trinajstić information content (AvgIpc) is 3.30. The lowest BCUT2D eigenvalue weighted by Crippen LogP contribution is -2.64. The average molecular weight is 944 g/mol. The Morgan fingerprint density at radius 1 is 0.925 bits per heavy atom. The van der Waals surface area contributed by atoms with Crippen LogP contribution in [0, 0.1) is 42.3 Å². The van der Waals surface area contributed by atoms with Crippen LogP contribution in [-0.2, 0) is 47.6 Å². The zero-order chi connectivity index (χ0) is 49.3. The number of esters is 1. The number of benzene rings is 1. The zero-order valence-corrected chi connectivity index (χ0v) is 41.4. The summed E-state index contributed by atoms with van der Waals surface area (Å²) in [7, 11) is 4.64. The highest BCUT2D eigenvalue weighted by Crippen LogP contribution is 2.39. The molecule has 15 atom stereocenters. The van der Waals surface area contributed by atoms with E-state index in [0.717, 1.165) is 5.57 Å². The number of carbonyl (C=O) groups is 4. The molecule has 67 heavy (non-hydrogen) atoms. The Bertz CT molecular complexity index is 1900. The van der Waals surface area contributed by atoms with Crippen LogP contribution in [0.25, 0.3) is 0 Å². The van der Waals surface area contributed by atoms with Gasteiger partial charge in [-0.05, 0) is 126 Å². The van der Waals surface area contributed by atoms with Gasteiger partial charge in [0.15, 0.2) is 0 Å². The van der Waals surface area contributed by atoms with Gasteiger partial charge in [-0.2, -0.15) is 0 Å². The maximum absolute atomic E-state index is 14.5. The first-order valence-electron chi connectivity index (χ1n) is 24.4. The van der Waals surface area contributed by atoms with Gasteiger partial charge in [-0.1, -0.05) is 51.5 Å². The van der Waals surface area contributed by atoms with Crippen LogP contribution in [-0.4, -0.2) is 133 Å². The monoisotopic (exact) mass is 944 g/mol. The van der Waals surface area contributed by atoms with E-state index in [4.69, 9.17) is 28.4 Å². The summed E-state index contributed by atoms with van der Waals surface area (Å²) in [5.41, 5.74) is 2.73. The molecule has 3 N–H and O–H groups in total. The van der Waals surface area contributed by atoms with Gasteiger partial charge >= 0.3 is 5.97 Å². The van der Waals surface area contributed by atoms with Crippen LogP contribution < -0.4 is 0 Å². The summed E-state index contributed by atoms with van der Waals surface area (Å²) >= 11 is 0. The first-order chi connectivity index (χ1) is 31.7. The van der Waals surface area contributed by atoms with Crippen molar-refractivity contribution in [3.8, 4) is 0 Å². The molecule has 2 bridgehead atoms. The topological polar surface area (TPSA) is 188 Å². The van der Waals surface area contributed by atoms with Gasteiger partial charge in [-0.25, -0.2) is 9.18 Å². The Kier molecular flexibility index (Phi) is 19.9. The number of methoxy groups -OCH3 is 3. The van der Waals surface area contributed by atoms with Gasteiger partial charge < -0.3 is 48.6 Å². The highest BCUT2D eigenvalue weighted by Gasteiger charge is 2.56. The van der Waals surface area contributed by atoms with Crippen LogP contribution in [0.3, 0.4) is 0 Å². The third-order valence-electron chi connectivity index (χ3n) is 14.8. The molecule has 5 rings (SSSR count). The van der Waals surface area contributed by atoms with Crippen LogP contribution in [0.1, 0.15) is 129 Å². The fourth-order valence-electron chi connectivity index (χ4n) is 10.8. The molecule has 0 radical (unpaired) electrons. The SMILES string of the molecule is CCC1/C=C(\C)CC(C)CC(OC)C2OC(O)(C(=O)C(=O)N3CCCCC3C(=O)OC(C(C)=CC3CCC(OCC(O)c4cc(C)cc(F)c4)C(OC)C3)C(C)C(O)CC1=O)C(C)CC2OC. The molecule has 2 saturated heterocycles. The highest BCUT2D eigenvalue weighted by molar-refractivity contribution is 6.39. The number of ether oxygens (including phenoxy) is 6. The van der Waals surface area contributed by atoms with E-state index in [1.165, 1.54) is 31.3 Å². The number of allylic oxidation sites excluding steroid dienone is 3. The predicted octanol–water partition coefficient (Wildman–Crippen LogP) is 6.68. The van der Waals surface area contributed by atoms with Crippen LogP contribution in [0.15, 0.2) is 41.5 Å². The lowest BCUT2D eigenvalue weighted by molar-refractivity contribution is -0.302. The van der Waals surface area contributed by atoms with E-state index in [1.54, 1.807) is 33.9 Å². The van der Waals surface area contributed by atoms with E-state index in [9.17, 15) is 38.9 Å². The van der Waals surface area contributed by atoms with Gasteiger partial charge in [0.2, 0.25) is 5.79 Å². The number of nitrogens with zero attached hydrogens (tertiary/aromatic N) is 1. The number of aliphatic hydroxyl groups is 3. The number of aryl methyl sites for hydroxylation is 1. The third kappa shape index (κ3) is 13.5. The normalized spacial score (nSPS) is 37.2. The molecule has 0 aromatic heterocycles. The van der Waals surface area contributed by atoms with Crippen molar-refractivity contribution >= 4 is 23.4 Å². The Morgan fingerprint density at radius 3 is 2.27 bits per heavy atom.